The molecule has 0 radical (unpaired) electrons. The summed E-state index contributed by atoms with van der Waals surface area (Å²) < 4.78 is 5.50. The van der Waals surface area contributed by atoms with Gasteiger partial charge in [-0.1, -0.05) is 6.08 Å². The molecule has 5 rings (SSSR count). The Kier molecular flexibility index (Phi) is 6.03. The van der Waals surface area contributed by atoms with Crippen LogP contribution in [-0.2, 0) is 4.79 Å². The molecule has 0 aliphatic rings. The Morgan fingerprint density at radius 2 is 1.89 bits per heavy atom. The van der Waals surface area contributed by atoms with Crippen LogP contribution in [0, 0.1) is 0 Å². The van der Waals surface area contributed by atoms with Crippen molar-refractivity contribution < 1.29 is 9.53 Å². The molecule has 1 aromatic carbocycles. The number of rotatable bonds is 7. The summed E-state index contributed by atoms with van der Waals surface area (Å²) in [6, 6.07) is 11.8. The molecule has 4 aromatic heterocycles. The molecule has 0 aliphatic carbocycles. The minimum Gasteiger partial charge on any atom is -0.497 e. The van der Waals surface area contributed by atoms with Gasteiger partial charge in [-0.2, -0.15) is 0 Å². The van der Waals surface area contributed by atoms with Gasteiger partial charge in [0.2, 0.25) is 5.91 Å². The Bertz CT molecular complexity index is 1550. The monoisotopic (exact) mass is 466 g/mol. The van der Waals surface area contributed by atoms with Gasteiger partial charge in [0.1, 0.15) is 17.0 Å². The third-order valence-corrected chi connectivity index (χ3v) is 5.76. The zero-order chi connectivity index (χ0) is 24.4. The molecule has 5 aromatic rings. The van der Waals surface area contributed by atoms with E-state index in [2.05, 4.69) is 31.3 Å². The molecule has 1 amide bonds. The number of likely N-dealkylation sites (N-methyl/N-ethyl adjacent to an activating group) is 1. The third-order valence-electron chi connectivity index (χ3n) is 5.76. The molecule has 0 bridgehead atoms. The topological polar surface area (TPSA) is 98.9 Å². The van der Waals surface area contributed by atoms with Gasteiger partial charge in [-0.15, -0.1) is 0 Å². The zero-order valence-corrected chi connectivity index (χ0v) is 19.8. The Morgan fingerprint density at radius 3 is 2.71 bits per heavy atom. The maximum Gasteiger partial charge on any atom is 0.248 e. The number of nitrogens with one attached hydrogen (secondary N) is 3. The van der Waals surface area contributed by atoms with E-state index in [0.29, 0.717) is 18.0 Å². The summed E-state index contributed by atoms with van der Waals surface area (Å²) in [5.41, 5.74) is 6.21. The molecule has 0 atom stereocenters. The van der Waals surface area contributed by atoms with Crippen molar-refractivity contribution in [3.63, 3.8) is 0 Å². The highest BCUT2D eigenvalue weighted by Gasteiger charge is 2.13. The van der Waals surface area contributed by atoms with Crippen LogP contribution in [0.15, 0.2) is 73.3 Å². The Balaban J connectivity index is 1.52. The van der Waals surface area contributed by atoms with Crippen LogP contribution in [0.2, 0.25) is 0 Å². The first kappa shape index (κ1) is 22.4. The Hall–Kier alpha value is -4.43. The van der Waals surface area contributed by atoms with Crippen molar-refractivity contribution in [2.45, 2.75) is 0 Å². The molecule has 35 heavy (non-hydrogen) atoms. The number of methoxy groups -OCH3 is 1. The summed E-state index contributed by atoms with van der Waals surface area (Å²) in [6.07, 6.45) is 10.8. The number of hydrogen-bond acceptors (Lipinski definition) is 5. The van der Waals surface area contributed by atoms with E-state index in [1.165, 1.54) is 6.08 Å². The number of carbonyl (C=O) groups excluding carboxylic acids is 1. The number of fused-ring (bicyclic) bond motifs is 2. The standard InChI is InChI=1S/C27H26N6O2/c1-33(2)10-4-5-25(34)32-19-11-17(12-20(14-19)35-3)18-13-23-24(16-31-27(23)30-15-18)21-6-8-28-26-22(21)7-9-29-26/h4-9,11-16H,10H2,1-3H3,(H,28,29)(H,30,31)(H,32,34)/b5-4+. The smallest absolute Gasteiger partial charge is 0.248 e. The van der Waals surface area contributed by atoms with E-state index in [9.17, 15) is 4.79 Å². The second-order valence-corrected chi connectivity index (χ2v) is 8.53. The normalized spacial score (nSPS) is 11.7. The molecule has 0 saturated carbocycles. The van der Waals surface area contributed by atoms with Crippen molar-refractivity contribution in [3.05, 3.63) is 73.3 Å². The molecular weight excluding hydrogens is 440 g/mol. The van der Waals surface area contributed by atoms with Crippen molar-refractivity contribution >= 4 is 33.7 Å². The van der Waals surface area contributed by atoms with Crippen LogP contribution in [0.3, 0.4) is 0 Å². The van der Waals surface area contributed by atoms with Crippen molar-refractivity contribution in [2.24, 2.45) is 0 Å². The third kappa shape index (κ3) is 4.64. The van der Waals surface area contributed by atoms with Crippen molar-refractivity contribution in [1.29, 1.82) is 0 Å². The number of amides is 1. The van der Waals surface area contributed by atoms with Gasteiger partial charge in [0.15, 0.2) is 0 Å². The van der Waals surface area contributed by atoms with E-state index in [1.807, 2.05) is 67.9 Å². The highest BCUT2D eigenvalue weighted by Crippen LogP contribution is 2.35. The SMILES string of the molecule is COc1cc(NC(=O)/C=C/CN(C)C)cc(-c2cnc3[nH]cc(-c4ccnc5[nH]ccc45)c3c2)c1. The van der Waals surface area contributed by atoms with Crippen LogP contribution >= 0.6 is 0 Å². The number of benzene rings is 1. The fourth-order valence-corrected chi connectivity index (χ4v) is 4.09. The molecule has 0 spiro atoms. The summed E-state index contributed by atoms with van der Waals surface area (Å²) in [5, 5.41) is 4.97. The number of anilines is 1. The first-order valence-electron chi connectivity index (χ1n) is 11.2. The van der Waals surface area contributed by atoms with E-state index in [0.717, 1.165) is 44.3 Å². The fraction of sp³-hybridized carbons (Fsp3) is 0.148. The second-order valence-electron chi connectivity index (χ2n) is 8.53. The van der Waals surface area contributed by atoms with Gasteiger partial charge in [0, 0.05) is 71.1 Å². The van der Waals surface area contributed by atoms with Crippen molar-refractivity contribution in [1.82, 2.24) is 24.8 Å². The molecular formula is C27H26N6O2. The average Bonchev–Trinajstić information content (AvgIpc) is 3.50. The maximum atomic E-state index is 12.4. The van der Waals surface area contributed by atoms with Gasteiger partial charge < -0.3 is 24.9 Å². The highest BCUT2D eigenvalue weighted by molar-refractivity contribution is 6.04. The van der Waals surface area contributed by atoms with Gasteiger partial charge in [-0.25, -0.2) is 9.97 Å². The van der Waals surface area contributed by atoms with E-state index >= 15 is 0 Å². The minimum absolute atomic E-state index is 0.194. The van der Waals surface area contributed by atoms with Crippen molar-refractivity contribution in [3.8, 4) is 28.0 Å². The maximum absolute atomic E-state index is 12.4. The van der Waals surface area contributed by atoms with E-state index < -0.39 is 0 Å². The van der Waals surface area contributed by atoms with Crippen LogP contribution in [0.1, 0.15) is 0 Å². The predicted octanol–water partition coefficient (Wildman–Crippen LogP) is 4.84. The number of hydrogen-bond donors (Lipinski definition) is 3. The molecule has 0 fully saturated rings. The molecule has 0 saturated heterocycles. The Labute approximate surface area is 202 Å². The molecule has 0 aliphatic heterocycles. The quantitative estimate of drug-likeness (QED) is 0.298. The molecule has 0 unspecified atom stereocenters. The van der Waals surface area contributed by atoms with Gasteiger partial charge in [-0.3, -0.25) is 4.79 Å². The van der Waals surface area contributed by atoms with Gasteiger partial charge >= 0.3 is 0 Å². The molecule has 4 heterocycles. The molecule has 176 valence electrons. The summed E-state index contributed by atoms with van der Waals surface area (Å²) >= 11 is 0. The zero-order valence-electron chi connectivity index (χ0n) is 19.8. The van der Waals surface area contributed by atoms with E-state index in [-0.39, 0.29) is 5.91 Å². The number of nitrogens with zero attached hydrogens (tertiary/aromatic N) is 3. The summed E-state index contributed by atoms with van der Waals surface area (Å²) in [4.78, 5) is 29.9. The van der Waals surface area contributed by atoms with E-state index in [1.54, 1.807) is 19.4 Å². The number of aromatic nitrogens is 4. The number of H-pyrrole nitrogens is 2. The van der Waals surface area contributed by atoms with Crippen LogP contribution in [-0.4, -0.2) is 58.5 Å². The van der Waals surface area contributed by atoms with E-state index in [4.69, 9.17) is 4.74 Å². The lowest BCUT2D eigenvalue weighted by molar-refractivity contribution is -0.111. The van der Waals surface area contributed by atoms with Crippen LogP contribution in [0.5, 0.6) is 5.75 Å². The van der Waals surface area contributed by atoms with Gasteiger partial charge in [0.05, 0.1) is 7.11 Å². The Morgan fingerprint density at radius 1 is 1.03 bits per heavy atom. The van der Waals surface area contributed by atoms with Gasteiger partial charge in [0.25, 0.3) is 0 Å². The largest absolute Gasteiger partial charge is 0.497 e. The average molecular weight is 467 g/mol. The number of carbonyl (C=O) groups is 1. The second kappa shape index (κ2) is 9.44. The predicted molar refractivity (Wildman–Crippen MR) is 139 cm³/mol. The van der Waals surface area contributed by atoms with Crippen molar-refractivity contribution in [2.75, 3.05) is 33.1 Å². The lowest BCUT2D eigenvalue weighted by atomic mass is 10.0. The highest BCUT2D eigenvalue weighted by atomic mass is 16.5. The fourth-order valence-electron chi connectivity index (χ4n) is 4.09. The van der Waals surface area contributed by atoms with Crippen LogP contribution < -0.4 is 10.1 Å². The first-order valence-corrected chi connectivity index (χ1v) is 11.2. The number of pyridine rings is 2. The summed E-state index contributed by atoms with van der Waals surface area (Å²) in [6.45, 7) is 0.688. The van der Waals surface area contributed by atoms with Crippen LogP contribution in [0.25, 0.3) is 44.3 Å². The molecule has 8 heteroatoms. The first-order chi connectivity index (χ1) is 17.0. The summed E-state index contributed by atoms with van der Waals surface area (Å²) in [5.74, 6) is 0.452. The summed E-state index contributed by atoms with van der Waals surface area (Å²) in [7, 11) is 5.51. The molecule has 8 nitrogen and oxygen atoms in total. The number of ether oxygens (including phenoxy) is 1. The molecule has 3 N–H and O–H groups in total. The lowest BCUT2D eigenvalue weighted by Crippen LogP contribution is -2.13. The van der Waals surface area contributed by atoms with Gasteiger partial charge in [-0.05, 0) is 55.6 Å². The minimum atomic E-state index is -0.194. The van der Waals surface area contributed by atoms with Crippen LogP contribution in [0.4, 0.5) is 5.69 Å². The lowest BCUT2D eigenvalue weighted by Gasteiger charge is -2.10. The number of aromatic amines is 2.